The SMILES string of the molecule is O=C(c1cccc(C2CCC2)c1)c1ccc(F)cc1F. The zero-order valence-corrected chi connectivity index (χ0v) is 10.9. The van der Waals surface area contributed by atoms with Crippen LogP contribution in [-0.4, -0.2) is 5.78 Å². The fourth-order valence-electron chi connectivity index (χ4n) is 2.50. The normalized spacial score (nSPS) is 14.9. The minimum atomic E-state index is -0.816. The first kappa shape index (κ1) is 13.0. The summed E-state index contributed by atoms with van der Waals surface area (Å²) in [5.41, 5.74) is 1.50. The molecule has 0 spiro atoms. The molecular weight excluding hydrogens is 258 g/mol. The molecule has 0 unspecified atom stereocenters. The highest BCUT2D eigenvalue weighted by Gasteiger charge is 2.21. The van der Waals surface area contributed by atoms with Crippen LogP contribution in [0.4, 0.5) is 8.78 Å². The van der Waals surface area contributed by atoms with E-state index < -0.39 is 17.4 Å². The van der Waals surface area contributed by atoms with Gasteiger partial charge in [-0.25, -0.2) is 8.78 Å². The molecule has 0 saturated heterocycles. The van der Waals surface area contributed by atoms with Crippen molar-refractivity contribution in [3.05, 3.63) is 70.8 Å². The van der Waals surface area contributed by atoms with Crippen LogP contribution in [0, 0.1) is 11.6 Å². The molecule has 3 heteroatoms. The molecule has 1 aliphatic rings. The summed E-state index contributed by atoms with van der Waals surface area (Å²) in [7, 11) is 0. The molecule has 102 valence electrons. The van der Waals surface area contributed by atoms with Gasteiger partial charge in [-0.2, -0.15) is 0 Å². The van der Waals surface area contributed by atoms with Crippen molar-refractivity contribution in [1.82, 2.24) is 0 Å². The zero-order valence-electron chi connectivity index (χ0n) is 10.9. The van der Waals surface area contributed by atoms with Gasteiger partial charge in [0.2, 0.25) is 0 Å². The smallest absolute Gasteiger partial charge is 0.195 e. The van der Waals surface area contributed by atoms with Gasteiger partial charge in [-0.1, -0.05) is 24.6 Å². The average Bonchev–Trinajstić information content (AvgIpc) is 2.36. The second-order valence-corrected chi connectivity index (χ2v) is 5.21. The van der Waals surface area contributed by atoms with Gasteiger partial charge in [-0.05, 0) is 42.5 Å². The Morgan fingerprint density at radius 3 is 2.50 bits per heavy atom. The maximum atomic E-state index is 13.7. The van der Waals surface area contributed by atoms with Gasteiger partial charge in [0.15, 0.2) is 5.78 Å². The minimum absolute atomic E-state index is 0.0860. The van der Waals surface area contributed by atoms with Crippen molar-refractivity contribution < 1.29 is 13.6 Å². The molecule has 2 aromatic carbocycles. The number of hydrogen-bond acceptors (Lipinski definition) is 1. The second kappa shape index (κ2) is 5.16. The van der Waals surface area contributed by atoms with Crippen LogP contribution in [0.1, 0.15) is 46.7 Å². The predicted octanol–water partition coefficient (Wildman–Crippen LogP) is 4.46. The molecule has 0 aromatic heterocycles. The number of carbonyl (C=O) groups excluding carboxylic acids is 1. The number of benzene rings is 2. The van der Waals surface area contributed by atoms with Gasteiger partial charge in [-0.3, -0.25) is 4.79 Å². The van der Waals surface area contributed by atoms with Crippen molar-refractivity contribution in [3.8, 4) is 0 Å². The Bertz CT molecular complexity index is 660. The van der Waals surface area contributed by atoms with Crippen LogP contribution in [0.2, 0.25) is 0 Å². The number of ketones is 1. The summed E-state index contributed by atoms with van der Waals surface area (Å²) in [4.78, 5) is 12.3. The van der Waals surface area contributed by atoms with E-state index in [1.165, 1.54) is 12.5 Å². The van der Waals surface area contributed by atoms with E-state index in [1.54, 1.807) is 6.07 Å². The molecule has 1 aliphatic carbocycles. The van der Waals surface area contributed by atoms with Crippen molar-refractivity contribution in [3.63, 3.8) is 0 Å². The number of carbonyl (C=O) groups is 1. The molecular formula is C17H14F2O. The molecule has 0 amide bonds. The molecule has 0 radical (unpaired) electrons. The van der Waals surface area contributed by atoms with Gasteiger partial charge in [0.05, 0.1) is 5.56 Å². The first-order chi connectivity index (χ1) is 9.65. The van der Waals surface area contributed by atoms with Gasteiger partial charge in [0, 0.05) is 11.6 Å². The van der Waals surface area contributed by atoms with Crippen molar-refractivity contribution in [1.29, 1.82) is 0 Å². The third-order valence-corrected chi connectivity index (χ3v) is 3.90. The molecule has 3 rings (SSSR count). The van der Waals surface area contributed by atoms with Crippen molar-refractivity contribution in [2.75, 3.05) is 0 Å². The van der Waals surface area contributed by atoms with Crippen molar-refractivity contribution in [2.45, 2.75) is 25.2 Å². The molecule has 0 aliphatic heterocycles. The quantitative estimate of drug-likeness (QED) is 0.754. The summed E-state index contributed by atoms with van der Waals surface area (Å²) in [5.74, 6) is -1.38. The second-order valence-electron chi connectivity index (χ2n) is 5.21. The Morgan fingerprint density at radius 2 is 1.85 bits per heavy atom. The summed E-state index contributed by atoms with van der Waals surface area (Å²) in [6.07, 6.45) is 3.50. The molecule has 0 atom stereocenters. The van der Waals surface area contributed by atoms with Crippen LogP contribution >= 0.6 is 0 Å². The van der Waals surface area contributed by atoms with Crippen molar-refractivity contribution in [2.24, 2.45) is 0 Å². The fourth-order valence-corrected chi connectivity index (χ4v) is 2.50. The largest absolute Gasteiger partial charge is 0.288 e. The molecule has 1 nitrogen and oxygen atoms in total. The summed E-state index contributed by atoms with van der Waals surface area (Å²) in [6.45, 7) is 0. The van der Waals surface area contributed by atoms with E-state index in [-0.39, 0.29) is 5.56 Å². The van der Waals surface area contributed by atoms with Crippen LogP contribution in [0.15, 0.2) is 42.5 Å². The van der Waals surface area contributed by atoms with E-state index in [2.05, 4.69) is 0 Å². The van der Waals surface area contributed by atoms with E-state index in [0.717, 1.165) is 30.5 Å². The van der Waals surface area contributed by atoms with E-state index in [1.807, 2.05) is 18.2 Å². The highest BCUT2D eigenvalue weighted by atomic mass is 19.1. The molecule has 20 heavy (non-hydrogen) atoms. The fraction of sp³-hybridized carbons (Fsp3) is 0.235. The maximum absolute atomic E-state index is 13.7. The highest BCUT2D eigenvalue weighted by molar-refractivity contribution is 6.09. The molecule has 2 aromatic rings. The number of rotatable bonds is 3. The minimum Gasteiger partial charge on any atom is -0.288 e. The molecule has 0 bridgehead atoms. The lowest BCUT2D eigenvalue weighted by Gasteiger charge is -2.26. The van der Waals surface area contributed by atoms with Gasteiger partial charge in [0.1, 0.15) is 11.6 Å². The molecule has 0 heterocycles. The van der Waals surface area contributed by atoms with Crippen LogP contribution in [-0.2, 0) is 0 Å². The summed E-state index contributed by atoms with van der Waals surface area (Å²) in [6, 6.07) is 10.4. The summed E-state index contributed by atoms with van der Waals surface area (Å²) >= 11 is 0. The van der Waals surface area contributed by atoms with Gasteiger partial charge in [0.25, 0.3) is 0 Å². The summed E-state index contributed by atoms with van der Waals surface area (Å²) in [5, 5.41) is 0. The Balaban J connectivity index is 1.93. The Hall–Kier alpha value is -2.03. The van der Waals surface area contributed by atoms with Crippen LogP contribution < -0.4 is 0 Å². The van der Waals surface area contributed by atoms with E-state index in [0.29, 0.717) is 11.5 Å². The predicted molar refractivity (Wildman–Crippen MR) is 72.8 cm³/mol. The summed E-state index contributed by atoms with van der Waals surface area (Å²) < 4.78 is 26.5. The third-order valence-electron chi connectivity index (χ3n) is 3.90. The van der Waals surface area contributed by atoms with E-state index in [4.69, 9.17) is 0 Å². The van der Waals surface area contributed by atoms with Gasteiger partial charge < -0.3 is 0 Å². The zero-order chi connectivity index (χ0) is 14.1. The third kappa shape index (κ3) is 2.36. The van der Waals surface area contributed by atoms with Gasteiger partial charge >= 0.3 is 0 Å². The number of hydrogen-bond donors (Lipinski definition) is 0. The Labute approximate surface area is 116 Å². The topological polar surface area (TPSA) is 17.1 Å². The highest BCUT2D eigenvalue weighted by Crippen LogP contribution is 2.36. The first-order valence-electron chi connectivity index (χ1n) is 6.75. The maximum Gasteiger partial charge on any atom is 0.195 e. The van der Waals surface area contributed by atoms with Crippen molar-refractivity contribution >= 4 is 5.78 Å². The lowest BCUT2D eigenvalue weighted by Crippen LogP contribution is -2.10. The monoisotopic (exact) mass is 272 g/mol. The lowest BCUT2D eigenvalue weighted by molar-refractivity contribution is 0.103. The van der Waals surface area contributed by atoms with Crippen LogP contribution in [0.3, 0.4) is 0 Å². The van der Waals surface area contributed by atoms with Crippen LogP contribution in [0.25, 0.3) is 0 Å². The van der Waals surface area contributed by atoms with E-state index >= 15 is 0 Å². The molecule has 0 N–H and O–H groups in total. The average molecular weight is 272 g/mol. The standard InChI is InChI=1S/C17H14F2O/c18-14-7-8-15(16(19)10-14)17(20)13-6-2-5-12(9-13)11-3-1-4-11/h2,5-11H,1,3-4H2. The Kier molecular flexibility index (Phi) is 3.35. The Morgan fingerprint density at radius 1 is 1.05 bits per heavy atom. The lowest BCUT2D eigenvalue weighted by atomic mass is 9.79. The first-order valence-corrected chi connectivity index (χ1v) is 6.75. The van der Waals surface area contributed by atoms with E-state index in [9.17, 15) is 13.6 Å². The van der Waals surface area contributed by atoms with Gasteiger partial charge in [-0.15, -0.1) is 0 Å². The van der Waals surface area contributed by atoms with Crippen LogP contribution in [0.5, 0.6) is 0 Å². The molecule has 1 saturated carbocycles. The number of halogens is 2. The molecule has 1 fully saturated rings.